The molecule has 0 aliphatic rings. The molecule has 100 valence electrons. The normalized spacial score (nSPS) is 12.5. The van der Waals surface area contributed by atoms with E-state index in [4.69, 9.17) is 6.42 Å². The van der Waals surface area contributed by atoms with Crippen LogP contribution in [0.1, 0.15) is 23.4 Å². The third kappa shape index (κ3) is 3.54. The van der Waals surface area contributed by atoms with Crippen molar-refractivity contribution in [2.45, 2.75) is 19.9 Å². The van der Waals surface area contributed by atoms with E-state index < -0.39 is 0 Å². The molecule has 1 N–H and O–H groups in total. The maximum atomic E-state index is 5.23. The van der Waals surface area contributed by atoms with Crippen molar-refractivity contribution in [3.05, 3.63) is 34.7 Å². The summed E-state index contributed by atoms with van der Waals surface area (Å²) in [6.45, 7) is 5.46. The molecule has 1 aromatic carbocycles. The molecule has 1 nitrogen and oxygen atoms in total. The van der Waals surface area contributed by atoms with E-state index in [1.165, 1.54) is 20.5 Å². The molecule has 2 aromatic rings. The van der Waals surface area contributed by atoms with E-state index in [1.54, 1.807) is 11.8 Å². The highest BCUT2D eigenvalue weighted by Crippen LogP contribution is 2.34. The summed E-state index contributed by atoms with van der Waals surface area (Å²) in [5, 5.41) is 4.97. The lowest BCUT2D eigenvalue weighted by atomic mass is 10.1. The highest BCUT2D eigenvalue weighted by Gasteiger charge is 2.13. The van der Waals surface area contributed by atoms with E-state index >= 15 is 0 Å². The summed E-state index contributed by atoms with van der Waals surface area (Å²) in [6.07, 6.45) is 5.23. The molecule has 1 unspecified atom stereocenters. The fourth-order valence-electron chi connectivity index (χ4n) is 2.18. The van der Waals surface area contributed by atoms with Gasteiger partial charge in [0.2, 0.25) is 0 Å². The molecule has 1 aromatic heterocycles. The van der Waals surface area contributed by atoms with Crippen LogP contribution in [0.5, 0.6) is 0 Å². The minimum Gasteiger partial charge on any atom is -0.309 e. The first-order valence-corrected chi connectivity index (χ1v) is 8.43. The summed E-state index contributed by atoms with van der Waals surface area (Å²) in [5.41, 5.74) is 1.41. The van der Waals surface area contributed by atoms with Crippen LogP contribution in [-0.2, 0) is 0 Å². The number of nitrogens with one attached hydrogen (secondary N) is 1. The Balaban J connectivity index is 1.99. The van der Waals surface area contributed by atoms with Gasteiger partial charge in [-0.3, -0.25) is 0 Å². The number of thioether (sulfide) groups is 1. The highest BCUT2D eigenvalue weighted by molar-refractivity contribution is 7.99. The highest BCUT2D eigenvalue weighted by atomic mass is 32.2. The van der Waals surface area contributed by atoms with Gasteiger partial charge in [-0.05, 0) is 30.9 Å². The van der Waals surface area contributed by atoms with E-state index in [0.717, 1.165) is 18.1 Å². The smallest absolute Gasteiger partial charge is 0.0545 e. The maximum Gasteiger partial charge on any atom is 0.0545 e. The molecule has 0 fully saturated rings. The Bertz CT molecular complexity index is 580. The minimum absolute atomic E-state index is 0.406. The van der Waals surface area contributed by atoms with Crippen molar-refractivity contribution in [2.75, 3.05) is 18.1 Å². The van der Waals surface area contributed by atoms with Crippen molar-refractivity contribution in [1.29, 1.82) is 0 Å². The van der Waals surface area contributed by atoms with Gasteiger partial charge in [-0.2, -0.15) is 0 Å². The molecule has 19 heavy (non-hydrogen) atoms. The van der Waals surface area contributed by atoms with Crippen LogP contribution in [0.3, 0.4) is 0 Å². The van der Waals surface area contributed by atoms with Crippen LogP contribution in [0, 0.1) is 19.3 Å². The van der Waals surface area contributed by atoms with Gasteiger partial charge in [0.15, 0.2) is 0 Å². The van der Waals surface area contributed by atoms with E-state index in [2.05, 4.69) is 49.4 Å². The molecule has 2 rings (SSSR count). The Labute approximate surface area is 123 Å². The minimum atomic E-state index is 0.406. The first kappa shape index (κ1) is 14.5. The zero-order chi connectivity index (χ0) is 13.7. The number of hydrogen-bond donors (Lipinski definition) is 1. The van der Waals surface area contributed by atoms with Crippen molar-refractivity contribution in [2.24, 2.45) is 0 Å². The fraction of sp³-hybridized carbons (Fsp3) is 0.375. The zero-order valence-corrected chi connectivity index (χ0v) is 13.0. The number of terminal acetylenes is 1. The Hall–Kier alpha value is -0.950. The van der Waals surface area contributed by atoms with Gasteiger partial charge in [-0.25, -0.2) is 0 Å². The molecule has 0 radical (unpaired) electrons. The fourth-order valence-corrected chi connectivity index (χ4v) is 3.94. The largest absolute Gasteiger partial charge is 0.309 e. The molecule has 1 atom stereocenters. The molecule has 3 heteroatoms. The summed E-state index contributed by atoms with van der Waals surface area (Å²) in [5.74, 6) is 4.52. The third-order valence-corrected chi connectivity index (χ3v) is 5.48. The second kappa shape index (κ2) is 7.00. The van der Waals surface area contributed by atoms with Crippen LogP contribution >= 0.6 is 23.1 Å². The van der Waals surface area contributed by atoms with Crippen LogP contribution in [0.2, 0.25) is 0 Å². The van der Waals surface area contributed by atoms with Gasteiger partial charge in [0.05, 0.1) is 5.75 Å². The SMILES string of the molecule is C#CCSCCNC(C)c1sc2ccccc2c1C. The zero-order valence-electron chi connectivity index (χ0n) is 11.4. The van der Waals surface area contributed by atoms with Gasteiger partial charge in [0.1, 0.15) is 0 Å². The molecule has 0 saturated heterocycles. The van der Waals surface area contributed by atoms with Crippen LogP contribution in [0.25, 0.3) is 10.1 Å². The number of hydrogen-bond acceptors (Lipinski definition) is 3. The summed E-state index contributed by atoms with van der Waals surface area (Å²) < 4.78 is 1.38. The summed E-state index contributed by atoms with van der Waals surface area (Å²) in [7, 11) is 0. The predicted octanol–water partition coefficient (Wildman–Crippen LogP) is 4.23. The lowest BCUT2D eigenvalue weighted by Gasteiger charge is -2.13. The molecule has 0 bridgehead atoms. The lowest BCUT2D eigenvalue weighted by Crippen LogP contribution is -2.21. The Kier molecular flexibility index (Phi) is 5.33. The monoisotopic (exact) mass is 289 g/mol. The van der Waals surface area contributed by atoms with Crippen molar-refractivity contribution in [3.8, 4) is 12.3 Å². The molecular formula is C16H19NS2. The molecule has 0 aliphatic heterocycles. The van der Waals surface area contributed by atoms with Gasteiger partial charge in [-0.1, -0.05) is 24.1 Å². The van der Waals surface area contributed by atoms with Crippen molar-refractivity contribution >= 4 is 33.2 Å². The van der Waals surface area contributed by atoms with Gasteiger partial charge < -0.3 is 5.32 Å². The second-order valence-corrected chi connectivity index (χ2v) is 6.71. The third-order valence-electron chi connectivity index (χ3n) is 3.16. The molecule has 0 spiro atoms. The number of rotatable bonds is 6. The van der Waals surface area contributed by atoms with E-state index in [1.807, 2.05) is 11.3 Å². The van der Waals surface area contributed by atoms with Crippen molar-refractivity contribution < 1.29 is 0 Å². The average Bonchev–Trinajstić information content (AvgIpc) is 2.76. The quantitative estimate of drug-likeness (QED) is 0.631. The maximum absolute atomic E-state index is 5.23. The number of fused-ring (bicyclic) bond motifs is 1. The van der Waals surface area contributed by atoms with Crippen molar-refractivity contribution in [3.63, 3.8) is 0 Å². The molecule has 1 heterocycles. The van der Waals surface area contributed by atoms with E-state index in [9.17, 15) is 0 Å². The lowest BCUT2D eigenvalue weighted by molar-refractivity contribution is 0.608. The van der Waals surface area contributed by atoms with Crippen LogP contribution < -0.4 is 5.32 Å². The topological polar surface area (TPSA) is 12.0 Å². The van der Waals surface area contributed by atoms with E-state index in [-0.39, 0.29) is 0 Å². The predicted molar refractivity (Wildman–Crippen MR) is 89.1 cm³/mol. The summed E-state index contributed by atoms with van der Waals surface area (Å²) in [6, 6.07) is 9.03. The summed E-state index contributed by atoms with van der Waals surface area (Å²) in [4.78, 5) is 1.45. The Morgan fingerprint density at radius 3 is 2.95 bits per heavy atom. The number of benzene rings is 1. The van der Waals surface area contributed by atoms with Crippen molar-refractivity contribution in [1.82, 2.24) is 5.32 Å². The van der Waals surface area contributed by atoms with E-state index in [0.29, 0.717) is 6.04 Å². The Morgan fingerprint density at radius 1 is 1.42 bits per heavy atom. The second-order valence-electron chi connectivity index (χ2n) is 4.52. The van der Waals surface area contributed by atoms with Crippen LogP contribution in [-0.4, -0.2) is 18.1 Å². The number of aryl methyl sites for hydroxylation is 1. The van der Waals surface area contributed by atoms with Gasteiger partial charge in [0, 0.05) is 27.9 Å². The average molecular weight is 289 g/mol. The molecule has 0 amide bonds. The molecule has 0 aliphatic carbocycles. The summed E-state index contributed by atoms with van der Waals surface area (Å²) >= 11 is 3.70. The van der Waals surface area contributed by atoms with Gasteiger partial charge in [0.25, 0.3) is 0 Å². The van der Waals surface area contributed by atoms with Gasteiger partial charge in [-0.15, -0.1) is 29.5 Å². The standard InChI is InChI=1S/C16H19NS2/c1-4-10-18-11-9-17-13(3)16-12(2)14-7-5-6-8-15(14)19-16/h1,5-8,13,17H,9-11H2,2-3H3. The molecular weight excluding hydrogens is 270 g/mol. The van der Waals surface area contributed by atoms with Crippen LogP contribution in [0.15, 0.2) is 24.3 Å². The van der Waals surface area contributed by atoms with Crippen LogP contribution in [0.4, 0.5) is 0 Å². The number of thiophene rings is 1. The molecule has 0 saturated carbocycles. The first-order valence-electron chi connectivity index (χ1n) is 6.46. The Morgan fingerprint density at radius 2 is 2.21 bits per heavy atom. The van der Waals surface area contributed by atoms with Gasteiger partial charge >= 0.3 is 0 Å². The first-order chi connectivity index (χ1) is 9.24.